The first-order valence-corrected chi connectivity index (χ1v) is 9.52. The summed E-state index contributed by atoms with van der Waals surface area (Å²) in [6, 6.07) is 14.9. The van der Waals surface area contributed by atoms with Gasteiger partial charge in [0.05, 0.1) is 5.75 Å². The van der Waals surface area contributed by atoms with E-state index in [1.165, 1.54) is 11.8 Å². The van der Waals surface area contributed by atoms with Crippen LogP contribution in [-0.2, 0) is 11.8 Å². The van der Waals surface area contributed by atoms with Crippen LogP contribution in [-0.4, -0.2) is 26.4 Å². The van der Waals surface area contributed by atoms with Crippen LogP contribution in [0.25, 0.3) is 11.4 Å². The van der Waals surface area contributed by atoms with Gasteiger partial charge in [-0.25, -0.2) is 0 Å². The fraction of sp³-hybridized carbons (Fsp3) is 0.118. The van der Waals surface area contributed by atoms with Crippen LogP contribution in [0.1, 0.15) is 0 Å². The molecule has 0 atom stereocenters. The van der Waals surface area contributed by atoms with Gasteiger partial charge < -0.3 is 9.88 Å². The first kappa shape index (κ1) is 18.0. The fourth-order valence-corrected chi connectivity index (χ4v) is 3.35. The van der Waals surface area contributed by atoms with Gasteiger partial charge >= 0.3 is 0 Å². The van der Waals surface area contributed by atoms with E-state index in [0.29, 0.717) is 15.9 Å². The Labute approximate surface area is 162 Å². The normalized spacial score (nSPS) is 10.7. The molecule has 0 radical (unpaired) electrons. The van der Waals surface area contributed by atoms with Crippen molar-refractivity contribution < 1.29 is 4.79 Å². The third-order valence-corrected chi connectivity index (χ3v) is 5.16. The van der Waals surface area contributed by atoms with Gasteiger partial charge in [-0.05, 0) is 30.3 Å². The largest absolute Gasteiger partial charge is 0.325 e. The van der Waals surface area contributed by atoms with E-state index in [-0.39, 0.29) is 11.7 Å². The van der Waals surface area contributed by atoms with Crippen molar-refractivity contribution in [3.63, 3.8) is 0 Å². The molecule has 0 spiro atoms. The van der Waals surface area contributed by atoms with Gasteiger partial charge in [-0.15, -0.1) is 10.2 Å². The Bertz CT molecular complexity index is 898. The van der Waals surface area contributed by atoms with Crippen LogP contribution in [0.4, 0.5) is 5.69 Å². The molecule has 0 saturated heterocycles. The standard InChI is InChI=1S/C17H14BrClN4OS/c1-23-16(11-5-7-12(18)8-6-11)21-22-17(23)25-10-15(24)20-14-4-2-3-13(19)9-14/h2-9H,10H2,1H3,(H,20,24). The second-order valence-electron chi connectivity index (χ2n) is 5.22. The number of rotatable bonds is 5. The number of hydrogen-bond acceptors (Lipinski definition) is 4. The highest BCUT2D eigenvalue weighted by Crippen LogP contribution is 2.24. The lowest BCUT2D eigenvalue weighted by Gasteiger charge is -2.06. The number of hydrogen-bond donors (Lipinski definition) is 1. The lowest BCUT2D eigenvalue weighted by atomic mass is 10.2. The highest BCUT2D eigenvalue weighted by molar-refractivity contribution is 9.10. The molecule has 0 aliphatic rings. The molecule has 3 aromatic rings. The van der Waals surface area contributed by atoms with Crippen molar-refractivity contribution in [1.82, 2.24) is 14.8 Å². The van der Waals surface area contributed by atoms with E-state index in [1.807, 2.05) is 35.9 Å². The van der Waals surface area contributed by atoms with Gasteiger partial charge in [0.25, 0.3) is 0 Å². The monoisotopic (exact) mass is 436 g/mol. The summed E-state index contributed by atoms with van der Waals surface area (Å²) in [7, 11) is 1.88. The van der Waals surface area contributed by atoms with Crippen LogP contribution in [0.2, 0.25) is 5.02 Å². The first-order chi connectivity index (χ1) is 12.0. The van der Waals surface area contributed by atoms with Crippen LogP contribution in [0.15, 0.2) is 58.2 Å². The number of carbonyl (C=O) groups excluding carboxylic acids is 1. The number of amides is 1. The van der Waals surface area contributed by atoms with Crippen molar-refractivity contribution in [2.75, 3.05) is 11.1 Å². The zero-order valence-corrected chi connectivity index (χ0v) is 16.4. The molecule has 0 fully saturated rings. The highest BCUT2D eigenvalue weighted by Gasteiger charge is 2.13. The summed E-state index contributed by atoms with van der Waals surface area (Å²) in [5.74, 6) is 0.865. The predicted octanol–water partition coefficient (Wildman–Crippen LogP) is 4.63. The van der Waals surface area contributed by atoms with Crippen LogP contribution >= 0.6 is 39.3 Å². The smallest absolute Gasteiger partial charge is 0.234 e. The first-order valence-electron chi connectivity index (χ1n) is 7.36. The van der Waals surface area contributed by atoms with Gasteiger partial charge in [0.15, 0.2) is 11.0 Å². The Morgan fingerprint density at radius 2 is 2.00 bits per heavy atom. The van der Waals surface area contributed by atoms with Crippen molar-refractivity contribution in [3.05, 3.63) is 58.0 Å². The second kappa shape index (κ2) is 8.03. The van der Waals surface area contributed by atoms with E-state index in [4.69, 9.17) is 11.6 Å². The van der Waals surface area contributed by atoms with Crippen molar-refractivity contribution in [3.8, 4) is 11.4 Å². The topological polar surface area (TPSA) is 59.8 Å². The molecule has 0 unspecified atom stereocenters. The number of nitrogens with one attached hydrogen (secondary N) is 1. The predicted molar refractivity (Wildman–Crippen MR) is 105 cm³/mol. The average molecular weight is 438 g/mol. The number of thioether (sulfide) groups is 1. The zero-order chi connectivity index (χ0) is 17.8. The van der Waals surface area contributed by atoms with Crippen LogP contribution in [0.3, 0.4) is 0 Å². The lowest BCUT2D eigenvalue weighted by Crippen LogP contribution is -2.14. The molecule has 0 saturated carbocycles. The van der Waals surface area contributed by atoms with Crippen LogP contribution in [0.5, 0.6) is 0 Å². The molecule has 128 valence electrons. The SMILES string of the molecule is Cn1c(SCC(=O)Nc2cccc(Cl)c2)nnc1-c1ccc(Br)cc1. The number of carbonyl (C=O) groups is 1. The van der Waals surface area contributed by atoms with E-state index in [1.54, 1.807) is 24.3 Å². The quantitative estimate of drug-likeness (QED) is 0.591. The minimum absolute atomic E-state index is 0.125. The van der Waals surface area contributed by atoms with Crippen molar-refractivity contribution in [1.29, 1.82) is 0 Å². The van der Waals surface area contributed by atoms with Gasteiger partial charge in [0.1, 0.15) is 0 Å². The van der Waals surface area contributed by atoms with Crippen molar-refractivity contribution in [2.24, 2.45) is 7.05 Å². The van der Waals surface area contributed by atoms with Crippen LogP contribution < -0.4 is 5.32 Å². The minimum Gasteiger partial charge on any atom is -0.325 e. The fourth-order valence-electron chi connectivity index (χ4n) is 2.18. The molecule has 1 heterocycles. The number of nitrogens with zero attached hydrogens (tertiary/aromatic N) is 3. The molecule has 8 heteroatoms. The van der Waals surface area contributed by atoms with Gasteiger partial charge in [-0.3, -0.25) is 4.79 Å². The molecule has 0 bridgehead atoms. The number of anilines is 1. The summed E-state index contributed by atoms with van der Waals surface area (Å²) in [6.07, 6.45) is 0. The maximum atomic E-state index is 12.1. The molecular formula is C17H14BrClN4OS. The molecule has 1 aromatic heterocycles. The molecule has 5 nitrogen and oxygen atoms in total. The molecular weight excluding hydrogens is 424 g/mol. The molecule has 0 aliphatic carbocycles. The molecule has 1 amide bonds. The van der Waals surface area contributed by atoms with Gasteiger partial charge in [0.2, 0.25) is 5.91 Å². The van der Waals surface area contributed by atoms with E-state index in [0.717, 1.165) is 15.9 Å². The molecule has 1 N–H and O–H groups in total. The zero-order valence-electron chi connectivity index (χ0n) is 13.2. The number of halogens is 2. The Morgan fingerprint density at radius 1 is 1.24 bits per heavy atom. The van der Waals surface area contributed by atoms with Crippen LogP contribution in [0, 0.1) is 0 Å². The third kappa shape index (κ3) is 4.62. The molecule has 2 aromatic carbocycles. The molecule has 25 heavy (non-hydrogen) atoms. The molecule has 0 aliphatic heterocycles. The Kier molecular flexibility index (Phi) is 5.78. The Hall–Kier alpha value is -1.83. The maximum Gasteiger partial charge on any atom is 0.234 e. The van der Waals surface area contributed by atoms with E-state index < -0.39 is 0 Å². The summed E-state index contributed by atoms with van der Waals surface area (Å²) in [4.78, 5) is 12.1. The average Bonchev–Trinajstić information content (AvgIpc) is 2.94. The van der Waals surface area contributed by atoms with Crippen molar-refractivity contribution in [2.45, 2.75) is 5.16 Å². The Balaban J connectivity index is 1.64. The summed E-state index contributed by atoms with van der Waals surface area (Å²) >= 11 is 10.7. The molecule has 3 rings (SSSR count). The second-order valence-corrected chi connectivity index (χ2v) is 7.51. The summed E-state index contributed by atoms with van der Waals surface area (Å²) in [5.41, 5.74) is 1.64. The van der Waals surface area contributed by atoms with Gasteiger partial charge in [-0.1, -0.05) is 57.5 Å². The van der Waals surface area contributed by atoms with Crippen molar-refractivity contribution >= 4 is 50.9 Å². The summed E-state index contributed by atoms with van der Waals surface area (Å²) in [6.45, 7) is 0. The Morgan fingerprint density at radius 3 is 2.72 bits per heavy atom. The highest BCUT2D eigenvalue weighted by atomic mass is 79.9. The lowest BCUT2D eigenvalue weighted by molar-refractivity contribution is -0.113. The van der Waals surface area contributed by atoms with E-state index in [9.17, 15) is 4.79 Å². The summed E-state index contributed by atoms with van der Waals surface area (Å²) in [5, 5.41) is 12.5. The number of benzene rings is 2. The van der Waals surface area contributed by atoms with E-state index >= 15 is 0 Å². The van der Waals surface area contributed by atoms with Gasteiger partial charge in [-0.2, -0.15) is 0 Å². The number of aromatic nitrogens is 3. The minimum atomic E-state index is -0.125. The maximum absolute atomic E-state index is 12.1. The summed E-state index contributed by atoms with van der Waals surface area (Å²) < 4.78 is 2.88. The van der Waals surface area contributed by atoms with Gasteiger partial charge in [0, 0.05) is 27.8 Å². The third-order valence-electron chi connectivity index (χ3n) is 3.38. The van der Waals surface area contributed by atoms with E-state index in [2.05, 4.69) is 31.4 Å².